The molecule has 1 aliphatic carbocycles. The van der Waals surface area contributed by atoms with Crippen LogP contribution >= 0.6 is 11.6 Å². The first-order valence-electron chi connectivity index (χ1n) is 14.0. The van der Waals surface area contributed by atoms with Crippen molar-refractivity contribution in [2.24, 2.45) is 5.92 Å². The molecule has 10 heteroatoms. The van der Waals surface area contributed by atoms with Crippen LogP contribution in [0.1, 0.15) is 37.3 Å². The second-order valence-corrected chi connectivity index (χ2v) is 13.0. The van der Waals surface area contributed by atoms with Crippen molar-refractivity contribution in [1.82, 2.24) is 14.5 Å². The van der Waals surface area contributed by atoms with Crippen LogP contribution < -0.4 is 10.5 Å². The summed E-state index contributed by atoms with van der Waals surface area (Å²) < 4.78 is 47.2. The van der Waals surface area contributed by atoms with Gasteiger partial charge < -0.3 is 15.0 Å². The first-order chi connectivity index (χ1) is 20.8. The van der Waals surface area contributed by atoms with Gasteiger partial charge in [0.05, 0.1) is 15.3 Å². The van der Waals surface area contributed by atoms with Gasteiger partial charge in [0, 0.05) is 23.2 Å². The van der Waals surface area contributed by atoms with Gasteiger partial charge in [-0.2, -0.15) is 0 Å². The van der Waals surface area contributed by atoms with Crippen molar-refractivity contribution in [3.63, 3.8) is 0 Å². The smallest absolute Gasteiger partial charge is 0.199 e. The highest BCUT2D eigenvalue weighted by molar-refractivity contribution is 7.94. The molecule has 0 amide bonds. The molecule has 1 aliphatic rings. The van der Waals surface area contributed by atoms with Gasteiger partial charge in [-0.1, -0.05) is 60.5 Å². The second kappa shape index (κ2) is 12.2. The first kappa shape index (κ1) is 28.9. The maximum absolute atomic E-state index is 13.5. The SMILES string of the molecule is Nc1ncnc2c1c(-c1ccc(OCc3cccc(F)c3)c(Cl)c1)cn2C1CCCC(/C=C/S(=O)(=O)c2ccccc2)C1. The Kier molecular flexibility index (Phi) is 8.19. The number of nitrogen functional groups attached to an aromatic ring is 1. The Morgan fingerprint density at radius 1 is 1.05 bits per heavy atom. The zero-order valence-corrected chi connectivity index (χ0v) is 24.8. The van der Waals surface area contributed by atoms with E-state index in [4.69, 9.17) is 22.1 Å². The van der Waals surface area contributed by atoms with Crippen LogP contribution in [0.15, 0.2) is 102 Å². The highest BCUT2D eigenvalue weighted by atomic mass is 35.5. The first-order valence-corrected chi connectivity index (χ1v) is 16.0. The molecule has 0 saturated heterocycles. The van der Waals surface area contributed by atoms with Gasteiger partial charge in [0.1, 0.15) is 36.0 Å². The molecular formula is C33H30ClFN4O3S. The van der Waals surface area contributed by atoms with Crippen molar-refractivity contribution >= 4 is 38.3 Å². The number of ether oxygens (including phenoxy) is 1. The van der Waals surface area contributed by atoms with Gasteiger partial charge in [-0.3, -0.25) is 0 Å². The molecule has 2 atom stereocenters. The van der Waals surface area contributed by atoms with Crippen molar-refractivity contribution in [3.8, 4) is 16.9 Å². The van der Waals surface area contributed by atoms with Crippen molar-refractivity contribution in [2.75, 3.05) is 5.73 Å². The average Bonchev–Trinajstić information content (AvgIpc) is 3.41. The maximum Gasteiger partial charge on any atom is 0.199 e. The average molecular weight is 617 g/mol. The number of aromatic nitrogens is 3. The van der Waals surface area contributed by atoms with Crippen molar-refractivity contribution in [2.45, 2.75) is 43.2 Å². The van der Waals surface area contributed by atoms with Crippen LogP contribution in [-0.4, -0.2) is 23.0 Å². The van der Waals surface area contributed by atoms with E-state index in [1.54, 1.807) is 48.5 Å². The monoisotopic (exact) mass is 616 g/mol. The lowest BCUT2D eigenvalue weighted by atomic mass is 9.85. The minimum Gasteiger partial charge on any atom is -0.487 e. The number of benzene rings is 3. The van der Waals surface area contributed by atoms with Gasteiger partial charge >= 0.3 is 0 Å². The van der Waals surface area contributed by atoms with Gasteiger partial charge in [-0.25, -0.2) is 22.8 Å². The van der Waals surface area contributed by atoms with E-state index >= 15 is 0 Å². The fraction of sp³-hybridized carbons (Fsp3) is 0.212. The molecule has 1 saturated carbocycles. The standard InChI is InChI=1S/C33H30ClFN4O3S/c34-29-18-24(12-13-30(29)42-20-23-7-4-8-25(35)16-23)28-19-39(33-31(28)32(36)37-21-38-33)26-9-5-6-22(17-26)14-15-43(40,41)27-10-2-1-3-11-27/h1-4,7-8,10-16,18-19,21-22,26H,5-6,9,17,20H2,(H2,36,37,38)/b15-14+. The second-order valence-electron chi connectivity index (χ2n) is 10.7. The predicted molar refractivity (Wildman–Crippen MR) is 167 cm³/mol. The van der Waals surface area contributed by atoms with Gasteiger partial charge in [0.2, 0.25) is 0 Å². The lowest BCUT2D eigenvalue weighted by Gasteiger charge is -2.29. The Labute approximate surface area is 254 Å². The molecule has 2 N–H and O–H groups in total. The zero-order chi connectivity index (χ0) is 30.0. The molecule has 2 unspecified atom stereocenters. The molecular weight excluding hydrogens is 587 g/mol. The lowest BCUT2D eigenvalue weighted by molar-refractivity contribution is 0.306. The van der Waals surface area contributed by atoms with Gasteiger partial charge in [0.15, 0.2) is 9.84 Å². The number of sulfone groups is 1. The summed E-state index contributed by atoms with van der Waals surface area (Å²) in [6.45, 7) is 0.181. The van der Waals surface area contributed by atoms with Crippen LogP contribution in [-0.2, 0) is 16.4 Å². The molecule has 5 aromatic rings. The van der Waals surface area contributed by atoms with E-state index in [0.29, 0.717) is 22.2 Å². The van der Waals surface area contributed by atoms with Gasteiger partial charge in [-0.15, -0.1) is 0 Å². The molecule has 3 aromatic carbocycles. The highest BCUT2D eigenvalue weighted by Gasteiger charge is 2.26. The summed E-state index contributed by atoms with van der Waals surface area (Å²) in [6.07, 6.45) is 8.87. The maximum atomic E-state index is 13.5. The summed E-state index contributed by atoms with van der Waals surface area (Å²) >= 11 is 6.63. The molecule has 2 aromatic heterocycles. The van der Waals surface area contributed by atoms with Gasteiger partial charge in [0.25, 0.3) is 0 Å². The third-order valence-electron chi connectivity index (χ3n) is 7.85. The lowest BCUT2D eigenvalue weighted by Crippen LogP contribution is -2.18. The molecule has 0 aliphatic heterocycles. The predicted octanol–water partition coefficient (Wildman–Crippen LogP) is 7.77. The minimum absolute atomic E-state index is 0.0951. The number of nitrogens with zero attached hydrogens (tertiary/aromatic N) is 3. The number of nitrogens with two attached hydrogens (primary N) is 1. The number of rotatable bonds is 8. The van der Waals surface area contributed by atoms with E-state index in [1.807, 2.05) is 24.4 Å². The highest BCUT2D eigenvalue weighted by Crippen LogP contribution is 2.41. The minimum atomic E-state index is -3.51. The number of hydrogen-bond acceptors (Lipinski definition) is 6. The van der Waals surface area contributed by atoms with Crippen LogP contribution in [0.5, 0.6) is 5.75 Å². The molecule has 7 nitrogen and oxygen atoms in total. The van der Waals surface area contributed by atoms with Crippen molar-refractivity contribution in [3.05, 3.63) is 113 Å². The summed E-state index contributed by atoms with van der Waals surface area (Å²) in [5.74, 6) is 0.620. The molecule has 6 rings (SSSR count). The molecule has 1 fully saturated rings. The fourth-order valence-electron chi connectivity index (χ4n) is 5.71. The number of fused-ring (bicyclic) bond motifs is 1. The number of halogens is 2. The Morgan fingerprint density at radius 3 is 2.67 bits per heavy atom. The van der Waals surface area contributed by atoms with E-state index in [2.05, 4.69) is 14.5 Å². The molecule has 0 radical (unpaired) electrons. The summed E-state index contributed by atoms with van der Waals surface area (Å²) in [6, 6.07) is 20.3. The Hall–Kier alpha value is -4.21. The van der Waals surface area contributed by atoms with E-state index in [1.165, 1.54) is 23.9 Å². The number of anilines is 1. The summed E-state index contributed by atoms with van der Waals surface area (Å²) in [4.78, 5) is 9.13. The number of allylic oxidation sites excluding steroid dienone is 1. The van der Waals surface area contributed by atoms with Crippen LogP contribution in [0, 0.1) is 11.7 Å². The van der Waals surface area contributed by atoms with Crippen LogP contribution in [0.2, 0.25) is 5.02 Å². The summed E-state index contributed by atoms with van der Waals surface area (Å²) in [5, 5.41) is 2.48. The Bertz CT molecular complexity index is 1910. The van der Waals surface area contributed by atoms with E-state index in [9.17, 15) is 12.8 Å². The van der Waals surface area contributed by atoms with E-state index < -0.39 is 9.84 Å². The molecule has 220 valence electrons. The quantitative estimate of drug-likeness (QED) is 0.191. The van der Waals surface area contributed by atoms with E-state index in [-0.39, 0.29) is 29.3 Å². The van der Waals surface area contributed by atoms with Crippen molar-refractivity contribution in [1.29, 1.82) is 0 Å². The van der Waals surface area contributed by atoms with Gasteiger partial charge in [-0.05, 0) is 72.7 Å². The Morgan fingerprint density at radius 2 is 1.88 bits per heavy atom. The summed E-state index contributed by atoms with van der Waals surface area (Å²) in [5.41, 5.74) is 9.47. The van der Waals surface area contributed by atoms with E-state index in [0.717, 1.165) is 47.8 Å². The van der Waals surface area contributed by atoms with Crippen LogP contribution in [0.25, 0.3) is 22.2 Å². The fourth-order valence-corrected chi connectivity index (χ4v) is 7.07. The Balaban J connectivity index is 1.26. The normalized spacial score (nSPS) is 17.4. The molecule has 43 heavy (non-hydrogen) atoms. The third kappa shape index (κ3) is 6.28. The topological polar surface area (TPSA) is 100 Å². The molecule has 2 heterocycles. The third-order valence-corrected chi connectivity index (χ3v) is 9.59. The van der Waals surface area contributed by atoms with Crippen molar-refractivity contribution < 1.29 is 17.5 Å². The summed E-state index contributed by atoms with van der Waals surface area (Å²) in [7, 11) is -3.51. The molecule has 0 spiro atoms. The van der Waals surface area contributed by atoms with Crippen LogP contribution in [0.3, 0.4) is 0 Å². The molecule has 0 bridgehead atoms. The van der Waals surface area contributed by atoms with Crippen LogP contribution in [0.4, 0.5) is 10.2 Å². The number of hydrogen-bond donors (Lipinski definition) is 1. The zero-order valence-electron chi connectivity index (χ0n) is 23.2. The largest absolute Gasteiger partial charge is 0.487 e.